The molecule has 0 aliphatic rings. The number of carboxylic acids is 1. The third-order valence-corrected chi connectivity index (χ3v) is 3.30. The third-order valence-electron chi connectivity index (χ3n) is 3.30. The molecule has 102 valence electrons. The molecule has 0 saturated heterocycles. The van der Waals surface area contributed by atoms with Crippen LogP contribution in [-0.4, -0.2) is 43.0 Å². The largest absolute Gasteiger partial charge is 0.477 e. The molecule has 1 aromatic carbocycles. The lowest BCUT2D eigenvalue weighted by atomic mass is 10.2. The Morgan fingerprint density at radius 2 is 2.11 bits per heavy atom. The van der Waals surface area contributed by atoms with E-state index in [2.05, 4.69) is 0 Å². The molecule has 0 atom stereocenters. The number of methoxy groups -OCH3 is 1. The van der Waals surface area contributed by atoms with Crippen molar-refractivity contribution in [1.29, 1.82) is 0 Å². The highest BCUT2D eigenvalue weighted by Crippen LogP contribution is 2.32. The minimum Gasteiger partial charge on any atom is -0.477 e. The van der Waals surface area contributed by atoms with Crippen molar-refractivity contribution in [3.05, 3.63) is 30.0 Å². The first kappa shape index (κ1) is 13.4. The number of likely N-dealkylation sites (N-methyl/N-ethyl adjacent to an activating group) is 1. The van der Waals surface area contributed by atoms with E-state index in [0.717, 1.165) is 16.6 Å². The predicted octanol–water partition coefficient (Wildman–Crippen LogP) is 1.96. The lowest BCUT2D eigenvalue weighted by Gasteiger charge is -2.19. The van der Waals surface area contributed by atoms with E-state index in [4.69, 9.17) is 4.74 Å². The number of nitrogens with zero attached hydrogens (tertiary/aromatic N) is 2. The quantitative estimate of drug-likeness (QED) is 0.895. The van der Waals surface area contributed by atoms with Crippen molar-refractivity contribution in [3.8, 4) is 0 Å². The molecular weight excluding hydrogens is 244 g/mol. The van der Waals surface area contributed by atoms with Crippen molar-refractivity contribution in [2.24, 2.45) is 7.05 Å². The van der Waals surface area contributed by atoms with Crippen LogP contribution in [0.25, 0.3) is 10.9 Å². The molecule has 0 fully saturated rings. The molecule has 1 aromatic heterocycles. The second-order valence-corrected chi connectivity index (χ2v) is 4.49. The van der Waals surface area contributed by atoms with Gasteiger partial charge >= 0.3 is 5.97 Å². The molecule has 19 heavy (non-hydrogen) atoms. The van der Waals surface area contributed by atoms with Gasteiger partial charge in [0.2, 0.25) is 0 Å². The standard InChI is InChI=1S/C14H18N2O3/c1-15(8-9-19-3)12-10-6-4-5-7-11(10)16(2)13(12)14(17)18/h4-7H,8-9H2,1-3H3,(H,17,18). The fourth-order valence-electron chi connectivity index (χ4n) is 2.34. The molecule has 0 saturated carbocycles. The molecule has 0 aliphatic carbocycles. The highest BCUT2D eigenvalue weighted by Gasteiger charge is 2.22. The first-order valence-corrected chi connectivity index (χ1v) is 6.08. The number of hydrogen-bond donors (Lipinski definition) is 1. The smallest absolute Gasteiger partial charge is 0.354 e. The minimum absolute atomic E-state index is 0.305. The monoisotopic (exact) mass is 262 g/mol. The van der Waals surface area contributed by atoms with Crippen molar-refractivity contribution in [1.82, 2.24) is 4.57 Å². The van der Waals surface area contributed by atoms with Crippen LogP contribution in [0.15, 0.2) is 24.3 Å². The van der Waals surface area contributed by atoms with Gasteiger partial charge in [0.05, 0.1) is 17.8 Å². The number of aryl methyl sites for hydroxylation is 1. The topological polar surface area (TPSA) is 54.7 Å². The van der Waals surface area contributed by atoms with Gasteiger partial charge in [0.15, 0.2) is 5.69 Å². The van der Waals surface area contributed by atoms with E-state index >= 15 is 0 Å². The summed E-state index contributed by atoms with van der Waals surface area (Å²) >= 11 is 0. The van der Waals surface area contributed by atoms with Gasteiger partial charge in [-0.15, -0.1) is 0 Å². The maximum Gasteiger partial charge on any atom is 0.354 e. The molecule has 0 radical (unpaired) electrons. The normalized spacial score (nSPS) is 10.9. The van der Waals surface area contributed by atoms with Gasteiger partial charge in [-0.05, 0) is 6.07 Å². The number of hydrogen-bond acceptors (Lipinski definition) is 3. The lowest BCUT2D eigenvalue weighted by Crippen LogP contribution is -2.24. The number of ether oxygens (including phenoxy) is 1. The number of aromatic nitrogens is 1. The lowest BCUT2D eigenvalue weighted by molar-refractivity contribution is 0.0687. The van der Waals surface area contributed by atoms with Gasteiger partial charge < -0.3 is 19.3 Å². The fourth-order valence-corrected chi connectivity index (χ4v) is 2.34. The molecule has 0 bridgehead atoms. The maximum atomic E-state index is 11.5. The second-order valence-electron chi connectivity index (χ2n) is 4.49. The van der Waals surface area contributed by atoms with Gasteiger partial charge in [-0.1, -0.05) is 18.2 Å². The van der Waals surface area contributed by atoms with Crippen LogP contribution in [0, 0.1) is 0 Å². The van der Waals surface area contributed by atoms with Crippen LogP contribution >= 0.6 is 0 Å². The number of fused-ring (bicyclic) bond motifs is 1. The molecule has 1 N–H and O–H groups in total. The van der Waals surface area contributed by atoms with E-state index < -0.39 is 5.97 Å². The summed E-state index contributed by atoms with van der Waals surface area (Å²) in [7, 11) is 5.29. The Labute approximate surface area is 112 Å². The van der Waals surface area contributed by atoms with E-state index in [1.165, 1.54) is 0 Å². The number of aromatic carboxylic acids is 1. The summed E-state index contributed by atoms with van der Waals surface area (Å²) in [5.74, 6) is -0.919. The minimum atomic E-state index is -0.919. The van der Waals surface area contributed by atoms with E-state index in [1.54, 1.807) is 18.7 Å². The molecule has 5 heteroatoms. The Morgan fingerprint density at radius 3 is 2.74 bits per heavy atom. The van der Waals surface area contributed by atoms with Crippen molar-refractivity contribution >= 4 is 22.6 Å². The molecule has 0 spiro atoms. The summed E-state index contributed by atoms with van der Waals surface area (Å²) in [6.45, 7) is 1.20. The van der Waals surface area contributed by atoms with Gasteiger partial charge in [-0.2, -0.15) is 0 Å². The van der Waals surface area contributed by atoms with Crippen molar-refractivity contribution in [3.63, 3.8) is 0 Å². The average molecular weight is 262 g/mol. The SMILES string of the molecule is COCCN(C)c1c(C(=O)O)n(C)c2ccccc12. The number of benzene rings is 1. The second kappa shape index (κ2) is 5.32. The van der Waals surface area contributed by atoms with Gasteiger partial charge in [0.1, 0.15) is 0 Å². The van der Waals surface area contributed by atoms with E-state index in [9.17, 15) is 9.90 Å². The van der Waals surface area contributed by atoms with Crippen LogP contribution in [0.4, 0.5) is 5.69 Å². The molecule has 5 nitrogen and oxygen atoms in total. The van der Waals surface area contributed by atoms with E-state index in [0.29, 0.717) is 18.8 Å². The number of para-hydroxylation sites is 1. The van der Waals surface area contributed by atoms with E-state index in [-0.39, 0.29) is 0 Å². The third kappa shape index (κ3) is 2.29. The zero-order valence-corrected chi connectivity index (χ0v) is 11.4. The first-order chi connectivity index (χ1) is 9.07. The number of rotatable bonds is 5. The number of anilines is 1. The van der Waals surface area contributed by atoms with Crippen LogP contribution in [-0.2, 0) is 11.8 Å². The van der Waals surface area contributed by atoms with Gasteiger partial charge in [0.25, 0.3) is 0 Å². The van der Waals surface area contributed by atoms with Gasteiger partial charge in [-0.3, -0.25) is 0 Å². The summed E-state index contributed by atoms with van der Waals surface area (Å²) in [6, 6.07) is 7.70. The molecule has 1 heterocycles. The van der Waals surface area contributed by atoms with Crippen LogP contribution in [0.1, 0.15) is 10.5 Å². The molecule has 0 aliphatic heterocycles. The Morgan fingerprint density at radius 1 is 1.42 bits per heavy atom. The Bertz CT molecular complexity index is 604. The summed E-state index contributed by atoms with van der Waals surface area (Å²) in [5, 5.41) is 10.4. The van der Waals surface area contributed by atoms with E-state index in [1.807, 2.05) is 36.2 Å². The van der Waals surface area contributed by atoms with Crippen LogP contribution < -0.4 is 4.90 Å². The summed E-state index contributed by atoms with van der Waals surface area (Å²) < 4.78 is 6.78. The maximum absolute atomic E-state index is 11.5. The van der Waals surface area contributed by atoms with Crippen molar-refractivity contribution in [2.75, 3.05) is 32.2 Å². The zero-order valence-electron chi connectivity index (χ0n) is 11.4. The van der Waals surface area contributed by atoms with Crippen LogP contribution in [0.3, 0.4) is 0 Å². The molecule has 2 rings (SSSR count). The first-order valence-electron chi connectivity index (χ1n) is 6.08. The molecule has 0 unspecified atom stereocenters. The highest BCUT2D eigenvalue weighted by atomic mass is 16.5. The van der Waals surface area contributed by atoms with Gasteiger partial charge in [0, 0.05) is 33.1 Å². The number of carboxylic acid groups (broad SMARTS) is 1. The highest BCUT2D eigenvalue weighted by molar-refractivity contribution is 6.06. The predicted molar refractivity (Wildman–Crippen MR) is 75.0 cm³/mol. The van der Waals surface area contributed by atoms with Gasteiger partial charge in [-0.25, -0.2) is 4.79 Å². The molecule has 2 aromatic rings. The molecule has 0 amide bonds. The Balaban J connectivity index is 2.62. The summed E-state index contributed by atoms with van der Waals surface area (Å²) in [6.07, 6.45) is 0. The summed E-state index contributed by atoms with van der Waals surface area (Å²) in [5.41, 5.74) is 1.96. The Kier molecular flexibility index (Phi) is 3.76. The Hall–Kier alpha value is -2.01. The average Bonchev–Trinajstić information content (AvgIpc) is 2.70. The zero-order chi connectivity index (χ0) is 14.0. The molecular formula is C14H18N2O3. The number of carbonyl (C=O) groups is 1. The fraction of sp³-hybridized carbons (Fsp3) is 0.357. The van der Waals surface area contributed by atoms with Crippen molar-refractivity contribution < 1.29 is 14.6 Å². The van der Waals surface area contributed by atoms with Crippen LogP contribution in [0.2, 0.25) is 0 Å². The van der Waals surface area contributed by atoms with Crippen LogP contribution in [0.5, 0.6) is 0 Å². The summed E-state index contributed by atoms with van der Waals surface area (Å²) in [4.78, 5) is 13.4. The van der Waals surface area contributed by atoms with Crippen molar-refractivity contribution in [2.45, 2.75) is 0 Å².